The number of hydrogen-bond acceptors (Lipinski definition) is 4. The van der Waals surface area contributed by atoms with Gasteiger partial charge in [0.25, 0.3) is 5.91 Å². The van der Waals surface area contributed by atoms with Crippen LogP contribution in [0.15, 0.2) is 24.3 Å². The zero-order valence-corrected chi connectivity index (χ0v) is 11.0. The molecule has 1 aliphatic rings. The highest BCUT2D eigenvalue weighted by atomic mass is 16.5. The van der Waals surface area contributed by atoms with Gasteiger partial charge in [0.1, 0.15) is 5.75 Å². The van der Waals surface area contributed by atoms with Crippen LogP contribution in [-0.4, -0.2) is 41.8 Å². The molecule has 20 heavy (non-hydrogen) atoms. The predicted octanol–water partition coefficient (Wildman–Crippen LogP) is 1.00. The van der Waals surface area contributed by atoms with Crippen molar-refractivity contribution in [2.45, 2.75) is 12.8 Å². The van der Waals surface area contributed by atoms with Crippen molar-refractivity contribution in [1.29, 1.82) is 0 Å². The van der Waals surface area contributed by atoms with Gasteiger partial charge in [-0.2, -0.15) is 0 Å². The van der Waals surface area contributed by atoms with Gasteiger partial charge in [-0.3, -0.25) is 9.59 Å². The Balaban J connectivity index is 2.00. The third-order valence-electron chi connectivity index (χ3n) is 3.62. The highest BCUT2D eigenvalue weighted by molar-refractivity contribution is 5.94. The number of ether oxygens (including phenoxy) is 1. The molecule has 0 spiro atoms. The van der Waals surface area contributed by atoms with Gasteiger partial charge >= 0.3 is 5.97 Å². The van der Waals surface area contributed by atoms with Gasteiger partial charge in [0.15, 0.2) is 0 Å². The minimum absolute atomic E-state index is 0.0748. The zero-order chi connectivity index (χ0) is 14.6. The van der Waals surface area contributed by atoms with Crippen LogP contribution in [0.4, 0.5) is 0 Å². The number of aromatic hydroxyl groups is 1. The smallest absolute Gasteiger partial charge is 0.311 e. The molecule has 1 heterocycles. The molecule has 0 radical (unpaired) electrons. The molecule has 0 unspecified atom stereocenters. The van der Waals surface area contributed by atoms with E-state index in [9.17, 15) is 14.7 Å². The number of rotatable bonds is 4. The highest BCUT2D eigenvalue weighted by Gasteiger charge is 2.40. The standard InChI is InChI=1S/C14H17NO5/c16-11-3-1-10(2-4-11)12(17)15-9-14(13(18)19)5-7-20-8-6-14/h1-4,16H,5-9H2,(H,15,17)(H,18,19). The largest absolute Gasteiger partial charge is 0.508 e. The summed E-state index contributed by atoms with van der Waals surface area (Å²) in [6, 6.07) is 5.80. The van der Waals surface area contributed by atoms with Gasteiger partial charge in [0, 0.05) is 25.3 Å². The molecule has 0 bridgehead atoms. The number of carbonyl (C=O) groups excluding carboxylic acids is 1. The Kier molecular flexibility index (Phi) is 4.24. The van der Waals surface area contributed by atoms with Crippen molar-refractivity contribution >= 4 is 11.9 Å². The van der Waals surface area contributed by atoms with Crippen LogP contribution in [0.25, 0.3) is 0 Å². The van der Waals surface area contributed by atoms with Gasteiger partial charge in [-0.1, -0.05) is 0 Å². The van der Waals surface area contributed by atoms with E-state index in [0.717, 1.165) is 0 Å². The number of phenols is 1. The van der Waals surface area contributed by atoms with Crippen molar-refractivity contribution in [2.75, 3.05) is 19.8 Å². The van der Waals surface area contributed by atoms with Gasteiger partial charge in [0.2, 0.25) is 0 Å². The molecule has 3 N–H and O–H groups in total. The molecule has 2 rings (SSSR count). The normalized spacial score (nSPS) is 17.4. The number of benzene rings is 1. The molecule has 1 saturated heterocycles. The molecule has 1 fully saturated rings. The quantitative estimate of drug-likeness (QED) is 0.764. The summed E-state index contributed by atoms with van der Waals surface area (Å²) >= 11 is 0. The average molecular weight is 279 g/mol. The van der Waals surface area contributed by atoms with Gasteiger partial charge in [0.05, 0.1) is 5.41 Å². The van der Waals surface area contributed by atoms with Crippen molar-refractivity contribution in [3.8, 4) is 5.75 Å². The first-order valence-electron chi connectivity index (χ1n) is 6.42. The fraction of sp³-hybridized carbons (Fsp3) is 0.429. The lowest BCUT2D eigenvalue weighted by atomic mass is 9.80. The molecule has 108 valence electrons. The molecule has 1 aliphatic heterocycles. The number of aliphatic carboxylic acids is 1. The fourth-order valence-electron chi connectivity index (χ4n) is 2.19. The molecule has 6 nitrogen and oxygen atoms in total. The number of carboxylic acids is 1. The molecule has 0 saturated carbocycles. The number of nitrogens with one attached hydrogen (secondary N) is 1. The highest BCUT2D eigenvalue weighted by Crippen LogP contribution is 2.30. The summed E-state index contributed by atoms with van der Waals surface area (Å²) in [5.41, 5.74) is -0.569. The molecule has 1 aromatic carbocycles. The number of phenolic OH excluding ortho intramolecular Hbond substituents is 1. The van der Waals surface area contributed by atoms with Crippen LogP contribution in [0, 0.1) is 5.41 Å². The second-order valence-corrected chi connectivity index (χ2v) is 4.93. The molecule has 0 atom stereocenters. The monoisotopic (exact) mass is 279 g/mol. The van der Waals surface area contributed by atoms with Crippen LogP contribution < -0.4 is 5.32 Å². The summed E-state index contributed by atoms with van der Waals surface area (Å²) in [6.45, 7) is 0.855. The Morgan fingerprint density at radius 3 is 2.35 bits per heavy atom. The summed E-state index contributed by atoms with van der Waals surface area (Å²) in [4.78, 5) is 23.4. The number of hydrogen-bond donors (Lipinski definition) is 3. The van der Waals surface area contributed by atoms with Crippen LogP contribution in [-0.2, 0) is 9.53 Å². The maximum atomic E-state index is 11.9. The Bertz CT molecular complexity index is 491. The lowest BCUT2D eigenvalue weighted by Gasteiger charge is -2.33. The molecule has 0 aromatic heterocycles. The van der Waals surface area contributed by atoms with Crippen LogP contribution >= 0.6 is 0 Å². The maximum Gasteiger partial charge on any atom is 0.311 e. The number of carboxylic acid groups (broad SMARTS) is 1. The lowest BCUT2D eigenvalue weighted by Crippen LogP contribution is -2.46. The van der Waals surface area contributed by atoms with Gasteiger partial charge < -0.3 is 20.3 Å². The average Bonchev–Trinajstić information content (AvgIpc) is 2.46. The first kappa shape index (κ1) is 14.3. The minimum atomic E-state index is -0.954. The van der Waals surface area contributed by atoms with E-state index >= 15 is 0 Å². The molecule has 0 aliphatic carbocycles. The summed E-state index contributed by atoms with van der Waals surface area (Å²) in [7, 11) is 0. The number of amides is 1. The zero-order valence-electron chi connectivity index (χ0n) is 11.0. The Labute approximate surface area is 116 Å². The van der Waals surface area contributed by atoms with E-state index in [4.69, 9.17) is 9.84 Å². The van der Waals surface area contributed by atoms with E-state index in [-0.39, 0.29) is 18.2 Å². The minimum Gasteiger partial charge on any atom is -0.508 e. The van der Waals surface area contributed by atoms with Crippen molar-refractivity contribution in [3.63, 3.8) is 0 Å². The van der Waals surface area contributed by atoms with Crippen LogP contribution in [0.1, 0.15) is 23.2 Å². The second kappa shape index (κ2) is 5.92. The lowest BCUT2D eigenvalue weighted by molar-refractivity contribution is -0.154. The topological polar surface area (TPSA) is 95.9 Å². The molecule has 1 amide bonds. The summed E-state index contributed by atoms with van der Waals surface area (Å²) in [5.74, 6) is -1.18. The van der Waals surface area contributed by atoms with Crippen molar-refractivity contribution < 1.29 is 24.5 Å². The van der Waals surface area contributed by atoms with Crippen LogP contribution in [0.3, 0.4) is 0 Å². The van der Waals surface area contributed by atoms with Crippen LogP contribution in [0.5, 0.6) is 5.75 Å². The first-order valence-corrected chi connectivity index (χ1v) is 6.42. The Hall–Kier alpha value is -2.08. The SMILES string of the molecule is O=C(NCC1(C(=O)O)CCOCC1)c1ccc(O)cc1. The van der Waals surface area contributed by atoms with Gasteiger partial charge in [-0.15, -0.1) is 0 Å². The van der Waals surface area contributed by atoms with E-state index in [0.29, 0.717) is 31.6 Å². The maximum absolute atomic E-state index is 11.9. The molecule has 1 aromatic rings. The third-order valence-corrected chi connectivity index (χ3v) is 3.62. The Morgan fingerprint density at radius 1 is 1.20 bits per heavy atom. The molecular weight excluding hydrogens is 262 g/mol. The van der Waals surface area contributed by atoms with Crippen molar-refractivity contribution in [3.05, 3.63) is 29.8 Å². The fourth-order valence-corrected chi connectivity index (χ4v) is 2.19. The van der Waals surface area contributed by atoms with E-state index in [1.807, 2.05) is 0 Å². The Morgan fingerprint density at radius 2 is 1.80 bits per heavy atom. The van der Waals surface area contributed by atoms with Crippen LogP contribution in [0.2, 0.25) is 0 Å². The van der Waals surface area contributed by atoms with Crippen molar-refractivity contribution in [1.82, 2.24) is 5.32 Å². The summed E-state index contributed by atoms with van der Waals surface area (Å²) < 4.78 is 5.18. The van der Waals surface area contributed by atoms with E-state index < -0.39 is 11.4 Å². The van der Waals surface area contributed by atoms with Gasteiger partial charge in [-0.25, -0.2) is 0 Å². The van der Waals surface area contributed by atoms with Crippen molar-refractivity contribution in [2.24, 2.45) is 5.41 Å². The molecular formula is C14H17NO5. The van der Waals surface area contributed by atoms with E-state index in [2.05, 4.69) is 5.32 Å². The van der Waals surface area contributed by atoms with E-state index in [1.165, 1.54) is 24.3 Å². The second-order valence-electron chi connectivity index (χ2n) is 4.93. The van der Waals surface area contributed by atoms with Gasteiger partial charge in [-0.05, 0) is 37.1 Å². The summed E-state index contributed by atoms with van der Waals surface area (Å²) in [6.07, 6.45) is 0.774. The summed E-state index contributed by atoms with van der Waals surface area (Å²) in [5, 5.41) is 21.2. The predicted molar refractivity (Wildman–Crippen MR) is 70.6 cm³/mol. The number of carbonyl (C=O) groups is 2. The van der Waals surface area contributed by atoms with E-state index in [1.54, 1.807) is 0 Å². The third kappa shape index (κ3) is 3.08. The molecule has 6 heteroatoms. The first-order chi connectivity index (χ1) is 9.53.